The fraction of sp³-hybridized carbons (Fsp3) is 0.857. The highest BCUT2D eigenvalue weighted by molar-refractivity contribution is 5.76. The second kappa shape index (κ2) is 6.21. The summed E-state index contributed by atoms with van der Waals surface area (Å²) >= 11 is 0. The number of hydrogen-bond donors (Lipinski definition) is 0. The van der Waals surface area contributed by atoms with Crippen molar-refractivity contribution in [3.05, 3.63) is 0 Å². The molecule has 18 heavy (non-hydrogen) atoms. The Hall–Kier alpha value is -1.06. The summed E-state index contributed by atoms with van der Waals surface area (Å²) in [6, 6.07) is 0. The summed E-state index contributed by atoms with van der Waals surface area (Å²) in [6.07, 6.45) is 0.877. The molecule has 0 aliphatic carbocycles. The van der Waals surface area contributed by atoms with Gasteiger partial charge in [0.05, 0.1) is 5.41 Å². The summed E-state index contributed by atoms with van der Waals surface area (Å²) in [5.74, 6) is -0.624. The van der Waals surface area contributed by atoms with Crippen LogP contribution in [0, 0.1) is 5.41 Å². The molecule has 0 aromatic heterocycles. The van der Waals surface area contributed by atoms with Gasteiger partial charge in [-0.05, 0) is 40.5 Å². The standard InChI is InChI=1S/C14H26O4/c1-8-11(14(6,7)18-10(3)15)17-12(16)13(4,5)9-2/h11H,8-9H2,1-7H3. The van der Waals surface area contributed by atoms with Crippen molar-refractivity contribution in [3.8, 4) is 0 Å². The fourth-order valence-electron chi connectivity index (χ4n) is 1.59. The van der Waals surface area contributed by atoms with Crippen molar-refractivity contribution in [2.75, 3.05) is 0 Å². The zero-order chi connectivity index (χ0) is 14.6. The number of rotatable bonds is 6. The minimum atomic E-state index is -0.805. The van der Waals surface area contributed by atoms with E-state index in [1.165, 1.54) is 6.92 Å². The van der Waals surface area contributed by atoms with Crippen molar-refractivity contribution in [3.63, 3.8) is 0 Å². The van der Waals surface area contributed by atoms with E-state index in [0.29, 0.717) is 12.8 Å². The second-order valence-electron chi connectivity index (χ2n) is 5.74. The van der Waals surface area contributed by atoms with Gasteiger partial charge in [-0.25, -0.2) is 0 Å². The van der Waals surface area contributed by atoms with Gasteiger partial charge in [0, 0.05) is 6.92 Å². The zero-order valence-corrected chi connectivity index (χ0v) is 12.6. The second-order valence-corrected chi connectivity index (χ2v) is 5.74. The minimum Gasteiger partial charge on any atom is -0.458 e. The molecule has 0 saturated carbocycles. The molecule has 0 rings (SSSR count). The summed E-state index contributed by atoms with van der Waals surface area (Å²) < 4.78 is 10.7. The summed E-state index contributed by atoms with van der Waals surface area (Å²) in [4.78, 5) is 23.1. The Kier molecular flexibility index (Phi) is 5.84. The molecule has 1 atom stereocenters. The molecule has 1 unspecified atom stereocenters. The summed E-state index contributed by atoms with van der Waals surface area (Å²) in [6.45, 7) is 12.4. The lowest BCUT2D eigenvalue weighted by Gasteiger charge is -2.34. The topological polar surface area (TPSA) is 52.6 Å². The highest BCUT2D eigenvalue weighted by atomic mass is 16.6. The predicted molar refractivity (Wildman–Crippen MR) is 70.1 cm³/mol. The molecule has 4 nitrogen and oxygen atoms in total. The van der Waals surface area contributed by atoms with Gasteiger partial charge in [0.1, 0.15) is 11.7 Å². The lowest BCUT2D eigenvalue weighted by Crippen LogP contribution is -2.44. The largest absolute Gasteiger partial charge is 0.458 e. The molecule has 0 radical (unpaired) electrons. The molecule has 0 bridgehead atoms. The third-order valence-corrected chi connectivity index (χ3v) is 3.24. The zero-order valence-electron chi connectivity index (χ0n) is 12.6. The van der Waals surface area contributed by atoms with E-state index in [2.05, 4.69) is 0 Å². The molecule has 0 amide bonds. The Morgan fingerprint density at radius 2 is 1.61 bits per heavy atom. The van der Waals surface area contributed by atoms with E-state index in [1.807, 2.05) is 27.7 Å². The monoisotopic (exact) mass is 258 g/mol. The van der Waals surface area contributed by atoms with Gasteiger partial charge in [0.25, 0.3) is 0 Å². The molecular formula is C14H26O4. The number of esters is 2. The molecule has 0 aromatic carbocycles. The lowest BCUT2D eigenvalue weighted by atomic mass is 9.90. The summed E-state index contributed by atoms with van der Waals surface area (Å²) in [5, 5.41) is 0. The first kappa shape index (κ1) is 16.9. The third-order valence-electron chi connectivity index (χ3n) is 3.24. The number of carbonyl (C=O) groups excluding carboxylic acids is 2. The van der Waals surface area contributed by atoms with E-state index in [9.17, 15) is 9.59 Å². The SMILES string of the molecule is CCC(OC(=O)C(C)(C)CC)C(C)(C)OC(C)=O. The molecule has 0 heterocycles. The first-order valence-corrected chi connectivity index (χ1v) is 6.47. The van der Waals surface area contributed by atoms with E-state index in [1.54, 1.807) is 13.8 Å². The van der Waals surface area contributed by atoms with E-state index >= 15 is 0 Å². The average Bonchev–Trinajstić information content (AvgIpc) is 2.23. The van der Waals surface area contributed by atoms with Crippen LogP contribution in [0.3, 0.4) is 0 Å². The summed E-state index contributed by atoms with van der Waals surface area (Å²) in [7, 11) is 0. The number of ether oxygens (including phenoxy) is 2. The molecule has 0 saturated heterocycles. The molecule has 0 fully saturated rings. The van der Waals surface area contributed by atoms with Gasteiger partial charge in [0.2, 0.25) is 0 Å². The number of hydrogen-bond acceptors (Lipinski definition) is 4. The van der Waals surface area contributed by atoms with Gasteiger partial charge >= 0.3 is 11.9 Å². The van der Waals surface area contributed by atoms with Crippen molar-refractivity contribution in [1.29, 1.82) is 0 Å². The predicted octanol–water partition coefficient (Wildman–Crippen LogP) is 3.09. The van der Waals surface area contributed by atoms with Crippen LogP contribution in [0.25, 0.3) is 0 Å². The molecule has 0 N–H and O–H groups in total. The van der Waals surface area contributed by atoms with Crippen molar-refractivity contribution < 1.29 is 19.1 Å². The fourth-order valence-corrected chi connectivity index (χ4v) is 1.59. The maximum Gasteiger partial charge on any atom is 0.311 e. The van der Waals surface area contributed by atoms with Gasteiger partial charge in [-0.2, -0.15) is 0 Å². The smallest absolute Gasteiger partial charge is 0.311 e. The number of carbonyl (C=O) groups is 2. The van der Waals surface area contributed by atoms with Crippen LogP contribution >= 0.6 is 0 Å². The van der Waals surface area contributed by atoms with Gasteiger partial charge in [-0.3, -0.25) is 9.59 Å². The van der Waals surface area contributed by atoms with Gasteiger partial charge in [-0.15, -0.1) is 0 Å². The van der Waals surface area contributed by atoms with Crippen molar-refractivity contribution in [1.82, 2.24) is 0 Å². The highest BCUT2D eigenvalue weighted by Crippen LogP contribution is 2.27. The molecule has 0 spiro atoms. The van der Waals surface area contributed by atoms with E-state index < -0.39 is 17.1 Å². The van der Waals surface area contributed by atoms with Crippen molar-refractivity contribution in [2.45, 2.75) is 73.0 Å². The quantitative estimate of drug-likeness (QED) is 0.687. The molecule has 4 heteroatoms. The van der Waals surface area contributed by atoms with Gasteiger partial charge in [-0.1, -0.05) is 13.8 Å². The first-order chi connectivity index (χ1) is 8.06. The van der Waals surface area contributed by atoms with Crippen molar-refractivity contribution >= 4 is 11.9 Å². The van der Waals surface area contributed by atoms with Crippen LogP contribution < -0.4 is 0 Å². The Bertz CT molecular complexity index is 305. The van der Waals surface area contributed by atoms with Crippen LogP contribution in [-0.2, 0) is 19.1 Å². The molecule has 0 aliphatic rings. The minimum absolute atomic E-state index is 0.253. The summed E-state index contributed by atoms with van der Waals surface area (Å²) in [5.41, 5.74) is -1.32. The maximum absolute atomic E-state index is 12.0. The Balaban J connectivity index is 4.81. The van der Waals surface area contributed by atoms with Gasteiger partial charge in [0.15, 0.2) is 0 Å². The van der Waals surface area contributed by atoms with Crippen LogP contribution in [0.2, 0.25) is 0 Å². The van der Waals surface area contributed by atoms with Crippen LogP contribution in [0.15, 0.2) is 0 Å². The van der Waals surface area contributed by atoms with E-state index in [4.69, 9.17) is 9.47 Å². The average molecular weight is 258 g/mol. The van der Waals surface area contributed by atoms with Crippen LogP contribution in [-0.4, -0.2) is 23.6 Å². The van der Waals surface area contributed by atoms with E-state index in [0.717, 1.165) is 0 Å². The van der Waals surface area contributed by atoms with Crippen molar-refractivity contribution in [2.24, 2.45) is 5.41 Å². The first-order valence-electron chi connectivity index (χ1n) is 6.47. The van der Waals surface area contributed by atoms with Crippen LogP contribution in [0.1, 0.15) is 61.3 Å². The van der Waals surface area contributed by atoms with E-state index in [-0.39, 0.29) is 11.9 Å². The maximum atomic E-state index is 12.0. The molecular weight excluding hydrogens is 232 g/mol. The van der Waals surface area contributed by atoms with Gasteiger partial charge < -0.3 is 9.47 Å². The Morgan fingerprint density at radius 3 is 1.94 bits per heavy atom. The Morgan fingerprint density at radius 1 is 1.11 bits per heavy atom. The normalized spacial score (nSPS) is 13.9. The van der Waals surface area contributed by atoms with Crippen LogP contribution in [0.5, 0.6) is 0 Å². The third kappa shape index (κ3) is 4.67. The molecule has 0 aromatic rings. The Labute approximate surface area is 110 Å². The molecule has 106 valence electrons. The molecule has 0 aliphatic heterocycles. The highest BCUT2D eigenvalue weighted by Gasteiger charge is 2.37. The lowest BCUT2D eigenvalue weighted by molar-refractivity contribution is -0.185. The van der Waals surface area contributed by atoms with Crippen LogP contribution in [0.4, 0.5) is 0 Å².